The Bertz CT molecular complexity index is 1200. The van der Waals surface area contributed by atoms with Gasteiger partial charge in [0.25, 0.3) is 0 Å². The maximum atomic E-state index is 12.6. The van der Waals surface area contributed by atoms with E-state index in [0.717, 1.165) is 5.69 Å². The lowest BCUT2D eigenvalue weighted by molar-refractivity contribution is -0.121. The molecule has 1 aliphatic heterocycles. The topological polar surface area (TPSA) is 127 Å². The molecule has 1 aromatic heterocycles. The average molecular weight is 501 g/mol. The Labute approximate surface area is 204 Å². The largest absolute Gasteiger partial charge is 0.495 e. The van der Waals surface area contributed by atoms with Gasteiger partial charge in [0.15, 0.2) is 5.16 Å². The molecule has 2 heterocycles. The van der Waals surface area contributed by atoms with Crippen molar-refractivity contribution in [1.82, 2.24) is 25.4 Å². The number of amides is 4. The van der Waals surface area contributed by atoms with Gasteiger partial charge in [-0.25, -0.2) is 4.79 Å². The van der Waals surface area contributed by atoms with Crippen LogP contribution in [0.1, 0.15) is 12.2 Å². The summed E-state index contributed by atoms with van der Waals surface area (Å²) in [5, 5.41) is 17.3. The molecule has 4 rings (SSSR count). The number of nitrogens with one attached hydrogen (secondary N) is 3. The van der Waals surface area contributed by atoms with Crippen molar-refractivity contribution in [3.8, 4) is 11.4 Å². The third kappa shape index (κ3) is 5.67. The fourth-order valence-electron chi connectivity index (χ4n) is 3.47. The van der Waals surface area contributed by atoms with Crippen LogP contribution in [-0.4, -0.2) is 51.5 Å². The average Bonchev–Trinajstić information content (AvgIpc) is 3.20. The van der Waals surface area contributed by atoms with Gasteiger partial charge in [0.2, 0.25) is 11.8 Å². The molecule has 1 atom stereocenters. The van der Waals surface area contributed by atoms with Crippen molar-refractivity contribution in [2.75, 3.05) is 18.2 Å². The number of hydrogen-bond acceptors (Lipinski definition) is 7. The quantitative estimate of drug-likeness (QED) is 0.406. The highest BCUT2D eigenvalue weighted by Crippen LogP contribution is 2.28. The van der Waals surface area contributed by atoms with Crippen LogP contribution in [0.5, 0.6) is 5.75 Å². The highest BCUT2D eigenvalue weighted by molar-refractivity contribution is 7.99. The first kappa shape index (κ1) is 23.6. The lowest BCUT2D eigenvalue weighted by atomic mass is 10.1. The first-order valence-corrected chi connectivity index (χ1v) is 11.7. The number of rotatable bonds is 8. The van der Waals surface area contributed by atoms with E-state index in [1.165, 1.54) is 18.9 Å². The molecule has 4 amide bonds. The first-order valence-electron chi connectivity index (χ1n) is 10.3. The zero-order valence-electron chi connectivity index (χ0n) is 18.1. The minimum absolute atomic E-state index is 0.0587. The number of nitrogens with zero attached hydrogens (tertiary/aromatic N) is 3. The summed E-state index contributed by atoms with van der Waals surface area (Å²) in [7, 11) is 1.51. The number of imide groups is 1. The highest BCUT2D eigenvalue weighted by atomic mass is 35.5. The molecular formula is C22H21ClN6O4S. The Balaban J connectivity index is 1.51. The van der Waals surface area contributed by atoms with Gasteiger partial charge in [-0.2, -0.15) is 0 Å². The van der Waals surface area contributed by atoms with Crippen molar-refractivity contribution in [1.29, 1.82) is 0 Å². The van der Waals surface area contributed by atoms with Crippen LogP contribution in [0.3, 0.4) is 0 Å². The maximum absolute atomic E-state index is 12.6. The maximum Gasteiger partial charge on any atom is 0.321 e. The van der Waals surface area contributed by atoms with Gasteiger partial charge < -0.3 is 15.4 Å². The minimum atomic E-state index is -0.533. The van der Waals surface area contributed by atoms with Crippen LogP contribution in [-0.2, 0) is 16.0 Å². The van der Waals surface area contributed by atoms with Crippen LogP contribution in [0.4, 0.5) is 10.5 Å². The van der Waals surface area contributed by atoms with Gasteiger partial charge >= 0.3 is 6.03 Å². The molecule has 2 aromatic carbocycles. The second-order valence-corrected chi connectivity index (χ2v) is 8.76. The SMILES string of the molecule is COc1ccc(Cl)cc1NC(=O)CSc1nnc(CC2CC(=O)NC(=O)N2)n1-c1ccccc1. The fourth-order valence-corrected chi connectivity index (χ4v) is 4.42. The molecule has 3 aromatic rings. The number of aromatic nitrogens is 3. The number of anilines is 1. The van der Waals surface area contributed by atoms with Crippen LogP contribution in [0, 0.1) is 0 Å². The molecule has 0 saturated carbocycles. The molecule has 176 valence electrons. The Kier molecular flexibility index (Phi) is 7.33. The number of urea groups is 1. The van der Waals surface area contributed by atoms with Gasteiger partial charge in [0.1, 0.15) is 11.6 Å². The van der Waals surface area contributed by atoms with Crippen molar-refractivity contribution >= 4 is 46.9 Å². The predicted octanol–water partition coefficient (Wildman–Crippen LogP) is 2.80. The molecule has 34 heavy (non-hydrogen) atoms. The Morgan fingerprint density at radius 2 is 2.03 bits per heavy atom. The second kappa shape index (κ2) is 10.6. The number of thioether (sulfide) groups is 1. The molecule has 1 unspecified atom stereocenters. The van der Waals surface area contributed by atoms with Crippen LogP contribution in [0.25, 0.3) is 5.69 Å². The summed E-state index contributed by atoms with van der Waals surface area (Å²) in [5.74, 6) is 0.498. The van der Waals surface area contributed by atoms with E-state index in [2.05, 4.69) is 26.1 Å². The number of carbonyl (C=O) groups is 3. The van der Waals surface area contributed by atoms with E-state index >= 15 is 0 Å². The molecule has 0 radical (unpaired) electrons. The van der Waals surface area contributed by atoms with Gasteiger partial charge in [-0.1, -0.05) is 41.6 Å². The number of methoxy groups -OCH3 is 1. The third-order valence-electron chi connectivity index (χ3n) is 4.93. The summed E-state index contributed by atoms with van der Waals surface area (Å²) in [6.07, 6.45) is 0.438. The van der Waals surface area contributed by atoms with Crippen molar-refractivity contribution in [2.24, 2.45) is 0 Å². The summed E-state index contributed by atoms with van der Waals surface area (Å²) < 4.78 is 7.08. The first-order chi connectivity index (χ1) is 16.4. The monoisotopic (exact) mass is 500 g/mol. The zero-order valence-corrected chi connectivity index (χ0v) is 19.7. The summed E-state index contributed by atoms with van der Waals surface area (Å²) in [4.78, 5) is 36.1. The van der Waals surface area contributed by atoms with Gasteiger partial charge in [0, 0.05) is 29.6 Å². The molecule has 1 saturated heterocycles. The summed E-state index contributed by atoms with van der Waals surface area (Å²) in [6, 6.07) is 13.4. The van der Waals surface area contributed by atoms with E-state index in [1.807, 2.05) is 34.9 Å². The number of para-hydroxylation sites is 1. The van der Waals surface area contributed by atoms with E-state index < -0.39 is 12.1 Å². The van der Waals surface area contributed by atoms with Crippen molar-refractivity contribution in [2.45, 2.75) is 24.0 Å². The van der Waals surface area contributed by atoms with Crippen LogP contribution in [0.15, 0.2) is 53.7 Å². The highest BCUT2D eigenvalue weighted by Gasteiger charge is 2.27. The number of ether oxygens (including phenoxy) is 1. The molecule has 1 fully saturated rings. The fraction of sp³-hybridized carbons (Fsp3) is 0.227. The summed E-state index contributed by atoms with van der Waals surface area (Å²) in [5.41, 5.74) is 1.27. The molecule has 0 bridgehead atoms. The van der Waals surface area contributed by atoms with E-state index in [-0.39, 0.29) is 24.0 Å². The van der Waals surface area contributed by atoms with E-state index in [4.69, 9.17) is 16.3 Å². The molecule has 0 spiro atoms. The van der Waals surface area contributed by atoms with Crippen molar-refractivity contribution < 1.29 is 19.1 Å². The molecule has 10 nitrogen and oxygen atoms in total. The van der Waals surface area contributed by atoms with E-state index in [1.54, 1.807) is 18.2 Å². The molecule has 3 N–H and O–H groups in total. The standard InChI is InChI=1S/C22H21ClN6O4S/c1-33-17-8-7-13(23)9-16(17)25-20(31)12-34-22-28-27-18(29(22)15-5-3-2-4-6-15)10-14-11-19(30)26-21(32)24-14/h2-9,14H,10-12H2,1H3,(H,25,31)(H2,24,26,30,32). The van der Waals surface area contributed by atoms with Crippen molar-refractivity contribution in [3.63, 3.8) is 0 Å². The van der Waals surface area contributed by atoms with Crippen LogP contribution >= 0.6 is 23.4 Å². The zero-order chi connectivity index (χ0) is 24.1. The van der Waals surface area contributed by atoms with Gasteiger partial charge in [-0.3, -0.25) is 19.5 Å². The Morgan fingerprint density at radius 1 is 1.24 bits per heavy atom. The predicted molar refractivity (Wildman–Crippen MR) is 128 cm³/mol. The Hall–Kier alpha value is -3.57. The smallest absolute Gasteiger partial charge is 0.321 e. The summed E-state index contributed by atoms with van der Waals surface area (Å²) >= 11 is 7.24. The lowest BCUT2D eigenvalue weighted by Gasteiger charge is -2.23. The summed E-state index contributed by atoms with van der Waals surface area (Å²) in [6.45, 7) is 0. The number of hydrogen-bond donors (Lipinski definition) is 3. The number of benzene rings is 2. The molecule has 0 aliphatic carbocycles. The minimum Gasteiger partial charge on any atom is -0.495 e. The van der Waals surface area contributed by atoms with E-state index in [9.17, 15) is 14.4 Å². The van der Waals surface area contributed by atoms with Gasteiger partial charge in [-0.05, 0) is 30.3 Å². The number of halogens is 1. The molecule has 1 aliphatic rings. The normalized spacial score (nSPS) is 15.4. The van der Waals surface area contributed by atoms with Crippen LogP contribution in [0.2, 0.25) is 5.02 Å². The Morgan fingerprint density at radius 3 is 2.76 bits per heavy atom. The third-order valence-corrected chi connectivity index (χ3v) is 6.10. The van der Waals surface area contributed by atoms with Crippen LogP contribution < -0.4 is 20.7 Å². The second-order valence-electron chi connectivity index (χ2n) is 7.38. The lowest BCUT2D eigenvalue weighted by Crippen LogP contribution is -2.53. The van der Waals surface area contributed by atoms with Gasteiger partial charge in [-0.15, -0.1) is 10.2 Å². The van der Waals surface area contributed by atoms with Gasteiger partial charge in [0.05, 0.1) is 18.6 Å². The number of carbonyl (C=O) groups excluding carboxylic acids is 3. The van der Waals surface area contributed by atoms with E-state index in [0.29, 0.717) is 33.9 Å². The molecule has 12 heteroatoms. The molecular weight excluding hydrogens is 480 g/mol. The van der Waals surface area contributed by atoms with Crippen molar-refractivity contribution in [3.05, 3.63) is 59.4 Å².